The maximum atomic E-state index is 14.6. The largest absolute Gasteiger partial charge is 0.416 e. The third-order valence-electron chi connectivity index (χ3n) is 11.3. The van der Waals surface area contributed by atoms with Gasteiger partial charge in [0.1, 0.15) is 0 Å². The van der Waals surface area contributed by atoms with Crippen molar-refractivity contribution in [3.05, 3.63) is 210 Å². The average molecular weight is 835 g/mol. The molecule has 0 spiro atoms. The van der Waals surface area contributed by atoms with Crippen molar-refractivity contribution in [3.63, 3.8) is 0 Å². The molecule has 0 radical (unpaired) electrons. The number of hydrogen-bond acceptors (Lipinski definition) is 4. The van der Waals surface area contributed by atoms with Crippen molar-refractivity contribution < 1.29 is 13.2 Å². The van der Waals surface area contributed by atoms with E-state index in [0.717, 1.165) is 66.8 Å². The summed E-state index contributed by atoms with van der Waals surface area (Å²) in [6.07, 6.45) is -4.60. The van der Waals surface area contributed by atoms with Crippen LogP contribution < -0.4 is 0 Å². The number of nitriles is 1. The molecule has 0 unspecified atom stereocenters. The maximum absolute atomic E-state index is 14.6. The number of nitrogens with zero attached hydrogens (tertiary/aromatic N) is 6. The van der Waals surface area contributed by atoms with E-state index >= 15 is 0 Å². The van der Waals surface area contributed by atoms with E-state index in [1.807, 2.05) is 140 Å². The molecule has 0 bridgehead atoms. The SMILES string of the molecule is [C-]#[N+]c1cc(C#N)cc(-c2ccc3c(c2)c2ccccc2n3-c2c(-c3cccc(C)c3)cc(-c3nc(-c4ccccc4)nc(-c4ccccc4)n3)cc2-c2cccc(C(F)(F)F)c2)c1. The van der Waals surface area contributed by atoms with Crippen molar-refractivity contribution in [2.24, 2.45) is 0 Å². The van der Waals surface area contributed by atoms with Gasteiger partial charge in [0.05, 0.1) is 34.9 Å². The standard InChI is InChI=1S/C55H33F3N6/c1-34-13-11-18-39(25-34)46-31-42(54-62-52(36-14-5-3-6-15-36)61-53(63-54)37-16-7-4-8-17-37)32-47(40-19-12-20-43(28-40)55(56,57)58)51(46)64-49-22-10-9-21-45(49)48-30-38(23-24-50(48)64)41-26-35(33-59)27-44(29-41)60-2/h3-32H,1H3. The van der Waals surface area contributed by atoms with Crippen LogP contribution in [0.5, 0.6) is 0 Å². The van der Waals surface area contributed by atoms with Gasteiger partial charge in [-0.2, -0.15) is 18.4 Å². The fourth-order valence-corrected chi connectivity index (χ4v) is 8.36. The highest BCUT2D eigenvalue weighted by Crippen LogP contribution is 2.45. The highest BCUT2D eigenvalue weighted by Gasteiger charge is 2.31. The number of rotatable bonds is 7. The lowest BCUT2D eigenvalue weighted by atomic mass is 9.91. The molecule has 8 aromatic carbocycles. The number of para-hydroxylation sites is 1. The number of fused-ring (bicyclic) bond motifs is 3. The third-order valence-corrected chi connectivity index (χ3v) is 11.3. The summed E-state index contributed by atoms with van der Waals surface area (Å²) in [5, 5.41) is 11.6. The fourth-order valence-electron chi connectivity index (χ4n) is 8.36. The van der Waals surface area contributed by atoms with E-state index in [1.165, 1.54) is 12.1 Å². The molecule has 0 aliphatic rings. The monoisotopic (exact) mass is 834 g/mol. The van der Waals surface area contributed by atoms with Gasteiger partial charge in [0, 0.05) is 44.2 Å². The Bertz CT molecular complexity index is 3440. The number of benzene rings is 8. The number of aryl methyl sites for hydroxylation is 1. The van der Waals surface area contributed by atoms with Crippen LogP contribution >= 0.6 is 0 Å². The van der Waals surface area contributed by atoms with Crippen LogP contribution in [0.25, 0.3) is 99.9 Å². The maximum Gasteiger partial charge on any atom is 0.416 e. The summed E-state index contributed by atoms with van der Waals surface area (Å²) in [6, 6.07) is 57.8. The Morgan fingerprint density at radius 3 is 1.72 bits per heavy atom. The van der Waals surface area contributed by atoms with Crippen LogP contribution in [-0.2, 0) is 6.18 Å². The van der Waals surface area contributed by atoms with E-state index in [0.29, 0.717) is 51.1 Å². The molecule has 0 aliphatic heterocycles. The second-order valence-electron chi connectivity index (χ2n) is 15.5. The highest BCUT2D eigenvalue weighted by molar-refractivity contribution is 6.12. The van der Waals surface area contributed by atoms with Crippen LogP contribution in [0.1, 0.15) is 16.7 Å². The quantitative estimate of drug-likeness (QED) is 0.150. The predicted octanol–water partition coefficient (Wildman–Crippen LogP) is 14.7. The van der Waals surface area contributed by atoms with Gasteiger partial charge in [-0.15, -0.1) is 0 Å². The van der Waals surface area contributed by atoms with Crippen LogP contribution in [0.4, 0.5) is 18.9 Å². The first kappa shape index (κ1) is 39.5. The Balaban J connectivity index is 1.32. The molecule has 0 amide bonds. The number of hydrogen-bond donors (Lipinski definition) is 0. The van der Waals surface area contributed by atoms with Gasteiger partial charge in [-0.25, -0.2) is 19.8 Å². The first-order chi connectivity index (χ1) is 31.1. The summed E-state index contributed by atoms with van der Waals surface area (Å²) in [6.45, 7) is 9.67. The smallest absolute Gasteiger partial charge is 0.308 e. The summed E-state index contributed by atoms with van der Waals surface area (Å²) in [4.78, 5) is 18.6. The highest BCUT2D eigenvalue weighted by atomic mass is 19.4. The first-order valence-electron chi connectivity index (χ1n) is 20.4. The van der Waals surface area contributed by atoms with Gasteiger partial charge in [0.25, 0.3) is 0 Å². The molecule has 0 N–H and O–H groups in total. The van der Waals surface area contributed by atoms with Crippen LogP contribution in [-0.4, -0.2) is 19.5 Å². The lowest BCUT2D eigenvalue weighted by Gasteiger charge is -2.22. The Labute approximate surface area is 366 Å². The van der Waals surface area contributed by atoms with Crippen LogP contribution in [0, 0.1) is 24.8 Å². The van der Waals surface area contributed by atoms with Crippen molar-refractivity contribution in [2.75, 3.05) is 0 Å². The Morgan fingerprint density at radius 1 is 0.516 bits per heavy atom. The van der Waals surface area contributed by atoms with E-state index < -0.39 is 11.7 Å². The van der Waals surface area contributed by atoms with E-state index in [-0.39, 0.29) is 0 Å². The lowest BCUT2D eigenvalue weighted by Crippen LogP contribution is -2.06. The molecule has 304 valence electrons. The second-order valence-corrected chi connectivity index (χ2v) is 15.5. The predicted molar refractivity (Wildman–Crippen MR) is 247 cm³/mol. The zero-order valence-corrected chi connectivity index (χ0v) is 34.1. The number of halogens is 3. The normalized spacial score (nSPS) is 11.4. The van der Waals surface area contributed by atoms with Crippen molar-refractivity contribution in [3.8, 4) is 79.3 Å². The van der Waals surface area contributed by atoms with Gasteiger partial charge >= 0.3 is 6.18 Å². The van der Waals surface area contributed by atoms with E-state index in [9.17, 15) is 18.4 Å². The Morgan fingerprint density at radius 2 is 1.09 bits per heavy atom. The first-order valence-corrected chi connectivity index (χ1v) is 20.4. The molecule has 2 aromatic heterocycles. The summed E-state index contributed by atoms with van der Waals surface area (Å²) in [5.41, 5.74) is 9.40. The summed E-state index contributed by atoms with van der Waals surface area (Å²) in [5.74, 6) is 1.26. The van der Waals surface area contributed by atoms with Gasteiger partial charge < -0.3 is 4.57 Å². The zero-order valence-electron chi connectivity index (χ0n) is 34.1. The molecule has 0 atom stereocenters. The Kier molecular flexibility index (Phi) is 9.86. The molecule has 10 aromatic rings. The van der Waals surface area contributed by atoms with Crippen molar-refractivity contribution in [1.82, 2.24) is 19.5 Å². The lowest BCUT2D eigenvalue weighted by molar-refractivity contribution is -0.137. The average Bonchev–Trinajstić information content (AvgIpc) is 3.66. The van der Waals surface area contributed by atoms with E-state index in [2.05, 4.69) is 21.5 Å². The van der Waals surface area contributed by atoms with Gasteiger partial charge in [0.15, 0.2) is 23.2 Å². The molecule has 0 fully saturated rings. The fraction of sp³-hybridized carbons (Fsp3) is 0.0364. The van der Waals surface area contributed by atoms with Gasteiger partial charge in [-0.1, -0.05) is 127 Å². The molecule has 2 heterocycles. The molecular weight excluding hydrogens is 802 g/mol. The van der Waals surface area contributed by atoms with Crippen molar-refractivity contribution in [1.29, 1.82) is 5.26 Å². The molecule has 0 saturated carbocycles. The van der Waals surface area contributed by atoms with Crippen molar-refractivity contribution in [2.45, 2.75) is 13.1 Å². The minimum Gasteiger partial charge on any atom is -0.308 e. The van der Waals surface area contributed by atoms with Crippen LogP contribution in [0.3, 0.4) is 0 Å². The number of alkyl halides is 3. The number of aromatic nitrogens is 4. The second kappa shape index (κ2) is 16.0. The minimum atomic E-state index is -4.60. The van der Waals surface area contributed by atoms with Crippen LogP contribution in [0.15, 0.2) is 182 Å². The van der Waals surface area contributed by atoms with E-state index in [1.54, 1.807) is 24.3 Å². The van der Waals surface area contributed by atoms with Crippen LogP contribution in [0.2, 0.25) is 0 Å². The van der Waals surface area contributed by atoms with Crippen molar-refractivity contribution >= 4 is 27.5 Å². The zero-order chi connectivity index (χ0) is 44.0. The van der Waals surface area contributed by atoms with Gasteiger partial charge in [-0.3, -0.25) is 0 Å². The third kappa shape index (κ3) is 7.31. The Hall–Kier alpha value is -8.66. The molecular formula is C55H33F3N6. The van der Waals surface area contributed by atoms with Gasteiger partial charge in [-0.05, 0) is 89.8 Å². The molecule has 10 rings (SSSR count). The summed E-state index contributed by atoms with van der Waals surface area (Å²) >= 11 is 0. The summed E-state index contributed by atoms with van der Waals surface area (Å²) < 4.78 is 46.0. The molecule has 64 heavy (non-hydrogen) atoms. The molecule has 0 aliphatic carbocycles. The topological polar surface area (TPSA) is 71.8 Å². The molecule has 9 heteroatoms. The molecule has 6 nitrogen and oxygen atoms in total. The van der Waals surface area contributed by atoms with Gasteiger partial charge in [0.2, 0.25) is 0 Å². The summed E-state index contributed by atoms with van der Waals surface area (Å²) in [7, 11) is 0. The minimum absolute atomic E-state index is 0.351. The molecule has 0 saturated heterocycles. The van der Waals surface area contributed by atoms with E-state index in [4.69, 9.17) is 21.5 Å².